The fraction of sp³-hybridized carbons (Fsp3) is 0.105. The van der Waals surface area contributed by atoms with Gasteiger partial charge in [0.25, 0.3) is 5.91 Å². The van der Waals surface area contributed by atoms with Crippen molar-refractivity contribution in [2.45, 2.75) is 6.42 Å². The molecular weight excluding hydrogens is 370 g/mol. The monoisotopic (exact) mass is 385 g/mol. The molecule has 1 saturated heterocycles. The van der Waals surface area contributed by atoms with Crippen LogP contribution in [0.25, 0.3) is 6.08 Å². The van der Waals surface area contributed by atoms with Crippen LogP contribution >= 0.6 is 24.0 Å². The van der Waals surface area contributed by atoms with Crippen molar-refractivity contribution >= 4 is 46.3 Å². The zero-order valence-electron chi connectivity index (χ0n) is 13.6. The Morgan fingerprint density at radius 3 is 2.42 bits per heavy atom. The Morgan fingerprint density at radius 1 is 1.12 bits per heavy atom. The number of carboxylic acids is 1. The van der Waals surface area contributed by atoms with Crippen LogP contribution < -0.4 is 4.74 Å². The number of carboxylic acid groups (broad SMARTS) is 1. The molecule has 1 aliphatic heterocycles. The molecule has 0 atom stereocenters. The molecular formula is C19H15NO4S2. The highest BCUT2D eigenvalue weighted by Crippen LogP contribution is 2.33. The smallest absolute Gasteiger partial charge is 0.305 e. The zero-order valence-corrected chi connectivity index (χ0v) is 15.3. The van der Waals surface area contributed by atoms with E-state index in [0.29, 0.717) is 15.0 Å². The van der Waals surface area contributed by atoms with Crippen LogP contribution in [-0.2, 0) is 9.59 Å². The van der Waals surface area contributed by atoms with Crippen molar-refractivity contribution in [3.05, 3.63) is 65.1 Å². The number of aliphatic carboxylic acids is 1. The third-order valence-corrected chi connectivity index (χ3v) is 4.96. The van der Waals surface area contributed by atoms with Gasteiger partial charge in [0, 0.05) is 6.54 Å². The molecule has 0 saturated carbocycles. The van der Waals surface area contributed by atoms with Crippen molar-refractivity contribution < 1.29 is 19.4 Å². The SMILES string of the molecule is O=C(O)CCN1C(=O)C(=Cc2ccc(Oc3ccccc3)cc2)SC1=S. The van der Waals surface area contributed by atoms with Gasteiger partial charge in [-0.05, 0) is 35.9 Å². The molecule has 3 rings (SSSR count). The number of hydrogen-bond donors (Lipinski definition) is 1. The van der Waals surface area contributed by atoms with Gasteiger partial charge in [-0.25, -0.2) is 0 Å². The van der Waals surface area contributed by atoms with Gasteiger partial charge in [-0.3, -0.25) is 14.5 Å². The summed E-state index contributed by atoms with van der Waals surface area (Å²) in [7, 11) is 0. The average Bonchev–Trinajstić information content (AvgIpc) is 2.89. The molecule has 2 aromatic rings. The number of thiocarbonyl (C=S) groups is 1. The molecule has 7 heteroatoms. The van der Waals surface area contributed by atoms with Gasteiger partial charge in [0.05, 0.1) is 11.3 Å². The molecule has 0 unspecified atom stereocenters. The molecule has 0 spiro atoms. The minimum absolute atomic E-state index is 0.0845. The Kier molecular flexibility index (Phi) is 5.70. The van der Waals surface area contributed by atoms with Crippen molar-refractivity contribution in [1.82, 2.24) is 4.90 Å². The van der Waals surface area contributed by atoms with Gasteiger partial charge in [0.15, 0.2) is 0 Å². The summed E-state index contributed by atoms with van der Waals surface area (Å²) in [5.74, 6) is 0.227. The predicted octanol–water partition coefficient (Wildman–Crippen LogP) is 4.15. The van der Waals surface area contributed by atoms with Crippen LogP contribution in [0.4, 0.5) is 0 Å². The van der Waals surface area contributed by atoms with Gasteiger partial charge in [-0.1, -0.05) is 54.3 Å². The number of hydrogen-bond acceptors (Lipinski definition) is 5. The maximum Gasteiger partial charge on any atom is 0.305 e. The first-order chi connectivity index (χ1) is 12.5. The number of para-hydroxylation sites is 1. The Balaban J connectivity index is 1.69. The van der Waals surface area contributed by atoms with Gasteiger partial charge in [-0.2, -0.15) is 0 Å². The Morgan fingerprint density at radius 2 is 1.77 bits per heavy atom. The lowest BCUT2D eigenvalue weighted by molar-refractivity contribution is -0.137. The first-order valence-corrected chi connectivity index (χ1v) is 9.05. The van der Waals surface area contributed by atoms with Gasteiger partial charge in [0.1, 0.15) is 15.8 Å². The van der Waals surface area contributed by atoms with E-state index in [2.05, 4.69) is 0 Å². The minimum atomic E-state index is -0.961. The van der Waals surface area contributed by atoms with Crippen LogP contribution in [0.2, 0.25) is 0 Å². The summed E-state index contributed by atoms with van der Waals surface area (Å²) in [6.45, 7) is 0.0845. The Labute approximate surface area is 160 Å². The van der Waals surface area contributed by atoms with E-state index in [0.717, 1.165) is 11.3 Å². The van der Waals surface area contributed by atoms with Crippen LogP contribution in [0, 0.1) is 0 Å². The lowest BCUT2D eigenvalue weighted by Gasteiger charge is -2.12. The summed E-state index contributed by atoms with van der Waals surface area (Å²) < 4.78 is 6.12. The van der Waals surface area contributed by atoms with Gasteiger partial charge < -0.3 is 9.84 Å². The van der Waals surface area contributed by atoms with Crippen molar-refractivity contribution in [3.8, 4) is 11.5 Å². The van der Waals surface area contributed by atoms with E-state index in [1.54, 1.807) is 6.08 Å². The first-order valence-electron chi connectivity index (χ1n) is 7.83. The fourth-order valence-electron chi connectivity index (χ4n) is 2.31. The van der Waals surface area contributed by atoms with Gasteiger partial charge in [0.2, 0.25) is 0 Å². The second-order valence-corrected chi connectivity index (χ2v) is 7.14. The highest BCUT2D eigenvalue weighted by atomic mass is 32.2. The van der Waals surface area contributed by atoms with E-state index in [1.807, 2.05) is 54.6 Å². The van der Waals surface area contributed by atoms with Gasteiger partial charge in [-0.15, -0.1) is 0 Å². The normalized spacial score (nSPS) is 15.5. The lowest BCUT2D eigenvalue weighted by atomic mass is 10.2. The number of nitrogens with zero attached hydrogens (tertiary/aromatic N) is 1. The van der Waals surface area contributed by atoms with Crippen molar-refractivity contribution in [2.75, 3.05) is 6.54 Å². The average molecular weight is 385 g/mol. The Bertz CT molecular complexity index is 863. The van der Waals surface area contributed by atoms with Crippen LogP contribution in [0.15, 0.2) is 59.5 Å². The molecule has 1 aliphatic rings. The highest BCUT2D eigenvalue weighted by molar-refractivity contribution is 8.26. The highest BCUT2D eigenvalue weighted by Gasteiger charge is 2.31. The second-order valence-electron chi connectivity index (χ2n) is 5.46. The fourth-order valence-corrected chi connectivity index (χ4v) is 3.62. The van der Waals surface area contributed by atoms with E-state index in [9.17, 15) is 9.59 Å². The molecule has 26 heavy (non-hydrogen) atoms. The number of carbonyl (C=O) groups is 2. The molecule has 0 aliphatic carbocycles. The minimum Gasteiger partial charge on any atom is -0.481 e. The number of thioether (sulfide) groups is 1. The van der Waals surface area contributed by atoms with E-state index in [4.69, 9.17) is 22.1 Å². The number of amides is 1. The summed E-state index contributed by atoms with van der Waals surface area (Å²) in [5.41, 5.74) is 0.837. The van der Waals surface area contributed by atoms with E-state index in [1.165, 1.54) is 16.7 Å². The van der Waals surface area contributed by atoms with Crippen LogP contribution in [0.3, 0.4) is 0 Å². The maximum absolute atomic E-state index is 12.4. The predicted molar refractivity (Wildman–Crippen MR) is 105 cm³/mol. The molecule has 1 N–H and O–H groups in total. The van der Waals surface area contributed by atoms with Crippen LogP contribution in [0.1, 0.15) is 12.0 Å². The first kappa shape index (κ1) is 18.2. The Hall–Kier alpha value is -2.64. The molecule has 1 heterocycles. The molecule has 0 radical (unpaired) electrons. The number of rotatable bonds is 6. The molecule has 5 nitrogen and oxygen atoms in total. The summed E-state index contributed by atoms with van der Waals surface area (Å²) in [4.78, 5) is 24.9. The standard InChI is InChI=1S/C19H15NO4S2/c21-17(22)10-11-20-18(23)16(26-19(20)25)12-13-6-8-15(9-7-13)24-14-4-2-1-3-5-14/h1-9,12H,10-11H2,(H,21,22). The quantitative estimate of drug-likeness (QED) is 0.595. The number of carbonyl (C=O) groups excluding carboxylic acids is 1. The summed E-state index contributed by atoms with van der Waals surface area (Å²) in [5, 5.41) is 8.76. The number of benzene rings is 2. The van der Waals surface area contributed by atoms with Crippen LogP contribution in [-0.4, -0.2) is 32.7 Å². The molecule has 132 valence electrons. The maximum atomic E-state index is 12.4. The van der Waals surface area contributed by atoms with Crippen LogP contribution in [0.5, 0.6) is 11.5 Å². The zero-order chi connectivity index (χ0) is 18.5. The van der Waals surface area contributed by atoms with Crippen molar-refractivity contribution in [1.29, 1.82) is 0 Å². The van der Waals surface area contributed by atoms with Gasteiger partial charge >= 0.3 is 5.97 Å². The second kappa shape index (κ2) is 8.16. The van der Waals surface area contributed by atoms with E-state index < -0.39 is 5.97 Å². The largest absolute Gasteiger partial charge is 0.481 e. The summed E-state index contributed by atoms with van der Waals surface area (Å²) in [6, 6.07) is 16.8. The summed E-state index contributed by atoms with van der Waals surface area (Å²) in [6.07, 6.45) is 1.61. The van der Waals surface area contributed by atoms with Crippen molar-refractivity contribution in [3.63, 3.8) is 0 Å². The molecule has 0 bridgehead atoms. The molecule has 2 aromatic carbocycles. The topological polar surface area (TPSA) is 66.8 Å². The summed E-state index contributed by atoms with van der Waals surface area (Å²) >= 11 is 6.35. The lowest BCUT2D eigenvalue weighted by Crippen LogP contribution is -2.30. The van der Waals surface area contributed by atoms with Crippen molar-refractivity contribution in [2.24, 2.45) is 0 Å². The van der Waals surface area contributed by atoms with E-state index in [-0.39, 0.29) is 18.9 Å². The molecule has 0 aromatic heterocycles. The number of ether oxygens (including phenoxy) is 1. The molecule has 1 amide bonds. The third kappa shape index (κ3) is 4.50. The van der Waals surface area contributed by atoms with E-state index >= 15 is 0 Å². The molecule has 1 fully saturated rings. The third-order valence-electron chi connectivity index (χ3n) is 3.58.